The number of hydrogen-bond acceptors (Lipinski definition) is 5. The second-order valence-corrected chi connectivity index (χ2v) is 5.07. The number of piperazine rings is 1. The molecule has 1 fully saturated rings. The van der Waals surface area contributed by atoms with E-state index < -0.39 is 29.7 Å². The second kappa shape index (κ2) is 4.81. The second-order valence-electron chi connectivity index (χ2n) is 3.99. The molecule has 3 amide bonds. The summed E-state index contributed by atoms with van der Waals surface area (Å²) in [6.45, 7) is 1.29. The topological polar surface area (TPSA) is 104 Å². The zero-order valence-corrected chi connectivity index (χ0v) is 10.7. The van der Waals surface area contributed by atoms with Crippen molar-refractivity contribution in [2.45, 2.75) is 13.0 Å². The van der Waals surface area contributed by atoms with Crippen LogP contribution in [0.3, 0.4) is 0 Å². The summed E-state index contributed by atoms with van der Waals surface area (Å²) in [6.07, 6.45) is 0. The van der Waals surface area contributed by atoms with Gasteiger partial charge in [0.05, 0.1) is 4.88 Å². The van der Waals surface area contributed by atoms with E-state index in [1.165, 1.54) is 19.1 Å². The van der Waals surface area contributed by atoms with E-state index in [-0.39, 0.29) is 16.3 Å². The SMILES string of the molecule is CC1C(=O)NC(=O)CN1C(=O)c1ccc(C(=O)O)s1. The van der Waals surface area contributed by atoms with E-state index in [1.54, 1.807) is 0 Å². The number of carbonyl (C=O) groups is 4. The smallest absolute Gasteiger partial charge is 0.345 e. The molecule has 0 saturated carbocycles. The van der Waals surface area contributed by atoms with E-state index in [0.717, 1.165) is 16.2 Å². The van der Waals surface area contributed by atoms with Crippen LogP contribution in [0.15, 0.2) is 12.1 Å². The molecule has 2 heterocycles. The highest BCUT2D eigenvalue weighted by Crippen LogP contribution is 2.20. The Kier molecular flexibility index (Phi) is 3.34. The Morgan fingerprint density at radius 2 is 2.00 bits per heavy atom. The first kappa shape index (κ1) is 13.2. The Hall–Kier alpha value is -2.22. The minimum absolute atomic E-state index is 0.0313. The lowest BCUT2D eigenvalue weighted by molar-refractivity contribution is -0.138. The van der Waals surface area contributed by atoms with Crippen LogP contribution in [0.1, 0.15) is 26.3 Å². The predicted octanol–water partition coefficient (Wildman–Crippen LogP) is -0.0666. The Balaban J connectivity index is 2.24. The van der Waals surface area contributed by atoms with Crippen LogP contribution in [-0.2, 0) is 9.59 Å². The van der Waals surface area contributed by atoms with Crippen molar-refractivity contribution in [3.63, 3.8) is 0 Å². The van der Waals surface area contributed by atoms with Gasteiger partial charge >= 0.3 is 5.97 Å². The van der Waals surface area contributed by atoms with Gasteiger partial charge in [-0.2, -0.15) is 0 Å². The minimum atomic E-state index is -1.12. The summed E-state index contributed by atoms with van der Waals surface area (Å²) < 4.78 is 0. The van der Waals surface area contributed by atoms with E-state index in [4.69, 9.17) is 5.11 Å². The van der Waals surface area contributed by atoms with Crippen molar-refractivity contribution >= 4 is 35.0 Å². The van der Waals surface area contributed by atoms with Gasteiger partial charge in [-0.25, -0.2) is 4.79 Å². The van der Waals surface area contributed by atoms with Gasteiger partial charge in [0.2, 0.25) is 11.8 Å². The van der Waals surface area contributed by atoms with Gasteiger partial charge in [-0.05, 0) is 19.1 Å². The van der Waals surface area contributed by atoms with E-state index in [2.05, 4.69) is 5.32 Å². The fourth-order valence-corrected chi connectivity index (χ4v) is 2.47. The third-order valence-corrected chi connectivity index (χ3v) is 3.77. The Morgan fingerprint density at radius 1 is 1.37 bits per heavy atom. The normalized spacial score (nSPS) is 19.2. The summed E-state index contributed by atoms with van der Waals surface area (Å²) >= 11 is 0.813. The number of aromatic carboxylic acids is 1. The number of hydrogen-bond donors (Lipinski definition) is 2. The Labute approximate surface area is 111 Å². The molecular weight excluding hydrogens is 272 g/mol. The van der Waals surface area contributed by atoms with Gasteiger partial charge in [0.15, 0.2) is 0 Å². The molecule has 100 valence electrons. The number of nitrogens with zero attached hydrogens (tertiary/aromatic N) is 1. The van der Waals surface area contributed by atoms with E-state index in [0.29, 0.717) is 0 Å². The molecule has 7 nitrogen and oxygen atoms in total. The van der Waals surface area contributed by atoms with Crippen molar-refractivity contribution in [3.8, 4) is 0 Å². The van der Waals surface area contributed by atoms with Crippen LogP contribution in [0.5, 0.6) is 0 Å². The van der Waals surface area contributed by atoms with Gasteiger partial charge in [-0.3, -0.25) is 19.7 Å². The number of carbonyl (C=O) groups excluding carboxylic acids is 3. The van der Waals surface area contributed by atoms with Crippen LogP contribution in [0.2, 0.25) is 0 Å². The first-order chi connectivity index (χ1) is 8.90. The van der Waals surface area contributed by atoms with Gasteiger partial charge in [-0.15, -0.1) is 11.3 Å². The molecule has 0 radical (unpaired) electrons. The average Bonchev–Trinajstić information content (AvgIpc) is 2.82. The van der Waals surface area contributed by atoms with Gasteiger partial charge in [-0.1, -0.05) is 0 Å². The Bertz CT molecular complexity index is 579. The zero-order chi connectivity index (χ0) is 14.2. The molecule has 2 N–H and O–H groups in total. The molecule has 1 aliphatic rings. The standard InChI is InChI=1S/C11H10N2O5S/c1-5-9(15)12-8(14)4-13(5)10(16)6-2-3-7(19-6)11(17)18/h2-3,5H,4H2,1H3,(H,17,18)(H,12,14,15). The molecule has 0 aliphatic carbocycles. The van der Waals surface area contributed by atoms with Crippen LogP contribution in [0.4, 0.5) is 0 Å². The predicted molar refractivity (Wildman–Crippen MR) is 64.9 cm³/mol. The van der Waals surface area contributed by atoms with Gasteiger partial charge in [0.25, 0.3) is 5.91 Å². The van der Waals surface area contributed by atoms with E-state index >= 15 is 0 Å². The quantitative estimate of drug-likeness (QED) is 0.739. The van der Waals surface area contributed by atoms with Gasteiger partial charge in [0.1, 0.15) is 17.5 Å². The summed E-state index contributed by atoms with van der Waals surface area (Å²) in [5.41, 5.74) is 0. The molecule has 1 aromatic heterocycles. The number of nitrogens with one attached hydrogen (secondary N) is 1. The lowest BCUT2D eigenvalue weighted by Crippen LogP contribution is -2.58. The number of imide groups is 1. The molecular formula is C11H10N2O5S. The molecule has 1 unspecified atom stereocenters. The van der Waals surface area contributed by atoms with E-state index in [9.17, 15) is 19.2 Å². The maximum Gasteiger partial charge on any atom is 0.345 e. The number of amides is 3. The monoisotopic (exact) mass is 282 g/mol. The highest BCUT2D eigenvalue weighted by Gasteiger charge is 2.34. The lowest BCUT2D eigenvalue weighted by atomic mass is 10.2. The molecule has 1 aromatic rings. The third-order valence-electron chi connectivity index (χ3n) is 2.71. The first-order valence-corrected chi connectivity index (χ1v) is 6.19. The minimum Gasteiger partial charge on any atom is -0.477 e. The molecule has 1 atom stereocenters. The highest BCUT2D eigenvalue weighted by molar-refractivity contribution is 7.15. The van der Waals surface area contributed by atoms with Crippen molar-refractivity contribution < 1.29 is 24.3 Å². The van der Waals surface area contributed by atoms with Crippen LogP contribution < -0.4 is 5.32 Å². The number of carboxylic acid groups (broad SMARTS) is 1. The largest absolute Gasteiger partial charge is 0.477 e. The van der Waals surface area contributed by atoms with Crippen LogP contribution in [0, 0.1) is 0 Å². The summed E-state index contributed by atoms with van der Waals surface area (Å²) in [4.78, 5) is 46.9. The van der Waals surface area contributed by atoms with Crippen molar-refractivity contribution in [3.05, 3.63) is 21.9 Å². The van der Waals surface area contributed by atoms with Crippen molar-refractivity contribution in [2.75, 3.05) is 6.54 Å². The maximum atomic E-state index is 12.1. The fourth-order valence-electron chi connectivity index (χ4n) is 1.67. The number of carboxylic acids is 1. The number of thiophene rings is 1. The zero-order valence-electron chi connectivity index (χ0n) is 9.87. The highest BCUT2D eigenvalue weighted by atomic mass is 32.1. The summed E-state index contributed by atoms with van der Waals surface area (Å²) in [6, 6.07) is 1.93. The lowest BCUT2D eigenvalue weighted by Gasteiger charge is -2.31. The molecule has 8 heteroatoms. The van der Waals surface area contributed by atoms with Crippen LogP contribution in [0.25, 0.3) is 0 Å². The number of rotatable bonds is 2. The molecule has 0 bridgehead atoms. The molecule has 1 aliphatic heterocycles. The van der Waals surface area contributed by atoms with Crippen LogP contribution in [-0.4, -0.2) is 46.3 Å². The molecule has 0 spiro atoms. The maximum absolute atomic E-state index is 12.1. The van der Waals surface area contributed by atoms with Gasteiger partial charge < -0.3 is 10.0 Å². The average molecular weight is 282 g/mol. The third kappa shape index (κ3) is 2.48. The summed E-state index contributed by atoms with van der Waals surface area (Å²) in [5, 5.41) is 10.9. The fraction of sp³-hybridized carbons (Fsp3) is 0.273. The molecule has 0 aromatic carbocycles. The molecule has 1 saturated heterocycles. The van der Waals surface area contributed by atoms with E-state index in [1.807, 2.05) is 0 Å². The van der Waals surface area contributed by atoms with Crippen molar-refractivity contribution in [1.29, 1.82) is 0 Å². The summed E-state index contributed by atoms with van der Waals surface area (Å²) in [5.74, 6) is -2.73. The summed E-state index contributed by atoms with van der Waals surface area (Å²) in [7, 11) is 0. The molecule has 19 heavy (non-hydrogen) atoms. The van der Waals surface area contributed by atoms with Gasteiger partial charge in [0, 0.05) is 0 Å². The van der Waals surface area contributed by atoms with Crippen molar-refractivity contribution in [1.82, 2.24) is 10.2 Å². The first-order valence-electron chi connectivity index (χ1n) is 5.38. The van der Waals surface area contributed by atoms with Crippen LogP contribution >= 0.6 is 11.3 Å². The van der Waals surface area contributed by atoms with Crippen molar-refractivity contribution in [2.24, 2.45) is 0 Å². The Morgan fingerprint density at radius 3 is 2.58 bits per heavy atom. The molecule has 2 rings (SSSR count).